The first-order chi connectivity index (χ1) is 14.2. The van der Waals surface area contributed by atoms with E-state index in [9.17, 15) is 22.8 Å². The predicted octanol–water partition coefficient (Wildman–Crippen LogP) is 5.40. The molecule has 3 aromatic rings. The van der Waals surface area contributed by atoms with Gasteiger partial charge in [0, 0.05) is 22.5 Å². The van der Waals surface area contributed by atoms with Crippen molar-refractivity contribution in [2.75, 3.05) is 10.6 Å². The molecule has 0 heterocycles. The number of anilines is 2. The normalized spacial score (nSPS) is 10.9. The first-order valence-electron chi connectivity index (χ1n) is 8.86. The van der Waals surface area contributed by atoms with Crippen LogP contribution in [0, 0.1) is 6.92 Å². The van der Waals surface area contributed by atoms with Gasteiger partial charge in [-0.05, 0) is 61.0 Å². The first-order valence-corrected chi connectivity index (χ1v) is 8.86. The zero-order valence-corrected chi connectivity index (χ0v) is 15.8. The number of alkyl halides is 3. The van der Waals surface area contributed by atoms with E-state index in [1.165, 1.54) is 12.1 Å². The highest BCUT2D eigenvalue weighted by Gasteiger charge is 2.31. The van der Waals surface area contributed by atoms with Gasteiger partial charge in [0.1, 0.15) is 5.75 Å². The molecule has 2 N–H and O–H groups in total. The number of amides is 2. The number of ether oxygens (including phenoxy) is 1. The predicted molar refractivity (Wildman–Crippen MR) is 107 cm³/mol. The number of rotatable bonds is 5. The van der Waals surface area contributed by atoms with Gasteiger partial charge in [0.25, 0.3) is 11.8 Å². The largest absolute Gasteiger partial charge is 0.573 e. The van der Waals surface area contributed by atoms with Gasteiger partial charge in [-0.25, -0.2) is 0 Å². The van der Waals surface area contributed by atoms with E-state index in [1.54, 1.807) is 55.5 Å². The van der Waals surface area contributed by atoms with E-state index in [1.807, 2.05) is 0 Å². The molecule has 0 radical (unpaired) electrons. The van der Waals surface area contributed by atoms with Gasteiger partial charge in [0.15, 0.2) is 0 Å². The second kappa shape index (κ2) is 8.69. The number of benzene rings is 3. The number of hydrogen-bond donors (Lipinski definition) is 2. The van der Waals surface area contributed by atoms with Crippen molar-refractivity contribution in [2.45, 2.75) is 13.3 Å². The van der Waals surface area contributed by atoms with Gasteiger partial charge in [0.05, 0.1) is 0 Å². The van der Waals surface area contributed by atoms with Gasteiger partial charge in [-0.3, -0.25) is 9.59 Å². The van der Waals surface area contributed by atoms with E-state index in [-0.39, 0.29) is 11.5 Å². The molecule has 0 aliphatic heterocycles. The highest BCUT2D eigenvalue weighted by Crippen LogP contribution is 2.26. The summed E-state index contributed by atoms with van der Waals surface area (Å²) in [6.45, 7) is 1.73. The Bertz CT molecular complexity index is 1050. The lowest BCUT2D eigenvalue weighted by Crippen LogP contribution is -2.17. The summed E-state index contributed by atoms with van der Waals surface area (Å²) in [5, 5.41) is 5.49. The minimum Gasteiger partial charge on any atom is -0.406 e. The molecule has 0 saturated carbocycles. The third-order valence-corrected chi connectivity index (χ3v) is 4.22. The van der Waals surface area contributed by atoms with Crippen LogP contribution in [0.2, 0.25) is 0 Å². The molecule has 3 rings (SSSR count). The molecule has 0 bridgehead atoms. The van der Waals surface area contributed by atoms with Crippen molar-refractivity contribution in [3.8, 4) is 5.75 Å². The van der Waals surface area contributed by atoms with Crippen LogP contribution in [-0.2, 0) is 0 Å². The fraction of sp³-hybridized carbons (Fsp3) is 0.0909. The van der Waals surface area contributed by atoms with Crippen molar-refractivity contribution >= 4 is 23.2 Å². The van der Waals surface area contributed by atoms with E-state index < -0.39 is 18.0 Å². The minimum absolute atomic E-state index is 0.155. The summed E-state index contributed by atoms with van der Waals surface area (Å²) >= 11 is 0. The Morgan fingerprint density at radius 3 is 1.73 bits per heavy atom. The second-order valence-corrected chi connectivity index (χ2v) is 6.32. The van der Waals surface area contributed by atoms with Crippen molar-refractivity contribution in [2.24, 2.45) is 0 Å². The summed E-state index contributed by atoms with van der Waals surface area (Å²) < 4.78 is 40.5. The van der Waals surface area contributed by atoms with E-state index in [0.29, 0.717) is 22.5 Å². The Morgan fingerprint density at radius 2 is 1.23 bits per heavy atom. The number of carbonyl (C=O) groups is 2. The fourth-order valence-electron chi connectivity index (χ4n) is 2.69. The molecule has 8 heteroatoms. The molecule has 5 nitrogen and oxygen atoms in total. The van der Waals surface area contributed by atoms with Crippen LogP contribution in [0.15, 0.2) is 72.8 Å². The van der Waals surface area contributed by atoms with E-state index in [2.05, 4.69) is 15.4 Å². The average molecular weight is 414 g/mol. The maximum atomic E-state index is 12.5. The van der Waals surface area contributed by atoms with Gasteiger partial charge >= 0.3 is 6.36 Å². The SMILES string of the molecule is Cc1c(NC(=O)c2ccccc2)cccc1NC(=O)c1ccc(OC(F)(F)F)cc1. The van der Waals surface area contributed by atoms with Gasteiger partial charge in [0.2, 0.25) is 0 Å². The molecule has 0 unspecified atom stereocenters. The molecule has 0 aromatic heterocycles. The lowest BCUT2D eigenvalue weighted by molar-refractivity contribution is -0.274. The summed E-state index contributed by atoms with van der Waals surface area (Å²) in [6.07, 6.45) is -4.80. The molecule has 0 aliphatic rings. The third-order valence-electron chi connectivity index (χ3n) is 4.22. The van der Waals surface area contributed by atoms with E-state index in [4.69, 9.17) is 0 Å². The number of nitrogens with one attached hydrogen (secondary N) is 2. The molecule has 3 aromatic carbocycles. The molecule has 0 saturated heterocycles. The van der Waals surface area contributed by atoms with E-state index >= 15 is 0 Å². The van der Waals surface area contributed by atoms with Crippen molar-refractivity contribution in [1.29, 1.82) is 0 Å². The van der Waals surface area contributed by atoms with Crippen molar-refractivity contribution < 1.29 is 27.5 Å². The smallest absolute Gasteiger partial charge is 0.406 e. The number of carbonyl (C=O) groups excluding carboxylic acids is 2. The van der Waals surface area contributed by atoms with Gasteiger partial charge in [-0.15, -0.1) is 13.2 Å². The minimum atomic E-state index is -4.80. The molecule has 0 spiro atoms. The van der Waals surface area contributed by atoms with Crippen LogP contribution in [0.1, 0.15) is 26.3 Å². The van der Waals surface area contributed by atoms with Crippen molar-refractivity contribution in [3.63, 3.8) is 0 Å². The van der Waals surface area contributed by atoms with Gasteiger partial charge < -0.3 is 15.4 Å². The fourth-order valence-corrected chi connectivity index (χ4v) is 2.69. The number of halogens is 3. The Balaban J connectivity index is 1.71. The maximum absolute atomic E-state index is 12.5. The summed E-state index contributed by atoms with van der Waals surface area (Å²) in [5.74, 6) is -1.22. The summed E-state index contributed by atoms with van der Waals surface area (Å²) in [6, 6.07) is 18.3. The molecular weight excluding hydrogens is 397 g/mol. The summed E-state index contributed by atoms with van der Waals surface area (Å²) in [5.41, 5.74) is 2.26. The summed E-state index contributed by atoms with van der Waals surface area (Å²) in [4.78, 5) is 24.8. The zero-order chi connectivity index (χ0) is 21.7. The van der Waals surface area contributed by atoms with E-state index in [0.717, 1.165) is 12.1 Å². The second-order valence-electron chi connectivity index (χ2n) is 6.32. The average Bonchev–Trinajstić information content (AvgIpc) is 2.71. The quantitative estimate of drug-likeness (QED) is 0.588. The van der Waals surface area contributed by atoms with Crippen LogP contribution in [0.25, 0.3) is 0 Å². The highest BCUT2D eigenvalue weighted by atomic mass is 19.4. The standard InChI is InChI=1S/C22H17F3N2O3/c1-14-18(26-20(28)15-6-3-2-4-7-15)8-5-9-19(14)27-21(29)16-10-12-17(13-11-16)30-22(23,24)25/h2-13H,1H3,(H,26,28)(H,27,29). The van der Waals surface area contributed by atoms with Crippen LogP contribution in [0.4, 0.5) is 24.5 Å². The topological polar surface area (TPSA) is 67.4 Å². The molecular formula is C22H17F3N2O3. The van der Waals surface area contributed by atoms with Crippen molar-refractivity contribution in [3.05, 3.63) is 89.5 Å². The molecule has 30 heavy (non-hydrogen) atoms. The highest BCUT2D eigenvalue weighted by molar-refractivity contribution is 6.07. The van der Waals surface area contributed by atoms with Crippen LogP contribution < -0.4 is 15.4 Å². The maximum Gasteiger partial charge on any atom is 0.573 e. The van der Waals surface area contributed by atoms with Crippen molar-refractivity contribution in [1.82, 2.24) is 0 Å². The van der Waals surface area contributed by atoms with Gasteiger partial charge in [-0.2, -0.15) is 0 Å². The molecule has 0 fully saturated rings. The summed E-state index contributed by atoms with van der Waals surface area (Å²) in [7, 11) is 0. The molecule has 2 amide bonds. The third kappa shape index (κ3) is 5.38. The zero-order valence-electron chi connectivity index (χ0n) is 15.8. The van der Waals surface area contributed by atoms with Crippen LogP contribution in [0.5, 0.6) is 5.75 Å². The molecule has 0 aliphatic carbocycles. The van der Waals surface area contributed by atoms with Gasteiger partial charge in [-0.1, -0.05) is 24.3 Å². The van der Waals surface area contributed by atoms with Crippen LogP contribution >= 0.6 is 0 Å². The molecule has 154 valence electrons. The molecule has 0 atom stereocenters. The Hall–Kier alpha value is -3.81. The lowest BCUT2D eigenvalue weighted by Gasteiger charge is -2.14. The first kappa shape index (κ1) is 20.9. The van der Waals surface area contributed by atoms with Crippen LogP contribution in [-0.4, -0.2) is 18.2 Å². The number of hydrogen-bond acceptors (Lipinski definition) is 3. The Labute approximate surface area is 170 Å². The monoisotopic (exact) mass is 414 g/mol. The Kier molecular flexibility index (Phi) is 6.06. The lowest BCUT2D eigenvalue weighted by atomic mass is 10.1. The Morgan fingerprint density at radius 1 is 0.733 bits per heavy atom. The van der Waals surface area contributed by atoms with Crippen LogP contribution in [0.3, 0.4) is 0 Å².